The number of carbonyl (C=O) groups excluding carboxylic acids is 3. The van der Waals surface area contributed by atoms with Crippen molar-refractivity contribution in [2.45, 2.75) is 13.3 Å². The van der Waals surface area contributed by atoms with E-state index in [1.807, 2.05) is 0 Å². The van der Waals surface area contributed by atoms with Crippen LogP contribution in [0.3, 0.4) is 0 Å². The first-order valence-electron chi connectivity index (χ1n) is 4.68. The first-order valence-corrected chi connectivity index (χ1v) is 4.68. The van der Waals surface area contributed by atoms with Gasteiger partial charge in [0.05, 0.1) is 6.42 Å². The number of hydrogen-bond acceptors (Lipinski definition) is 6. The lowest BCUT2D eigenvalue weighted by molar-refractivity contribution is -0.144. The Morgan fingerprint density at radius 1 is 1.12 bits per heavy atom. The van der Waals surface area contributed by atoms with Crippen LogP contribution in [-0.2, 0) is 25.5 Å². The highest BCUT2D eigenvalue weighted by Gasteiger charge is 2.14. The lowest BCUT2D eigenvalue weighted by Gasteiger charge is -2.02. The van der Waals surface area contributed by atoms with Gasteiger partial charge in [0.25, 0.3) is 0 Å². The number of aromatic hydroxyl groups is 1. The molecular weight excluding hydrogens is 228 g/mol. The Labute approximate surface area is 96.8 Å². The van der Waals surface area contributed by atoms with Crippen LogP contribution in [0, 0.1) is 0 Å². The molecule has 1 rings (SSSR count). The van der Waals surface area contributed by atoms with Crippen molar-refractivity contribution in [3.63, 3.8) is 0 Å². The molecule has 6 heteroatoms. The van der Waals surface area contributed by atoms with Gasteiger partial charge in [0, 0.05) is 6.92 Å². The highest BCUT2D eigenvalue weighted by molar-refractivity contribution is 5.88. The van der Waals surface area contributed by atoms with Crippen LogP contribution in [0.2, 0.25) is 0 Å². The highest BCUT2D eigenvalue weighted by Crippen LogP contribution is 2.10. The monoisotopic (exact) mass is 238 g/mol. The van der Waals surface area contributed by atoms with Crippen LogP contribution in [0.4, 0.5) is 4.79 Å². The third kappa shape index (κ3) is 4.78. The predicted molar refractivity (Wildman–Crippen MR) is 55.1 cm³/mol. The molecule has 0 saturated carbocycles. The van der Waals surface area contributed by atoms with Gasteiger partial charge < -0.3 is 14.6 Å². The fourth-order valence-corrected chi connectivity index (χ4v) is 1.05. The average Bonchev–Trinajstić information content (AvgIpc) is 2.19. The van der Waals surface area contributed by atoms with Crippen molar-refractivity contribution >= 4 is 18.1 Å². The van der Waals surface area contributed by atoms with Crippen LogP contribution in [0.1, 0.15) is 12.5 Å². The van der Waals surface area contributed by atoms with E-state index in [-0.39, 0.29) is 12.2 Å². The van der Waals surface area contributed by atoms with Crippen LogP contribution in [0.15, 0.2) is 24.3 Å². The molecule has 0 aliphatic rings. The molecule has 1 N–H and O–H groups in total. The summed E-state index contributed by atoms with van der Waals surface area (Å²) in [5.74, 6) is -1.63. The minimum absolute atomic E-state index is 0.0677. The first kappa shape index (κ1) is 12.7. The van der Waals surface area contributed by atoms with Gasteiger partial charge in [-0.2, -0.15) is 0 Å². The van der Waals surface area contributed by atoms with E-state index in [4.69, 9.17) is 5.11 Å². The zero-order chi connectivity index (χ0) is 12.8. The molecular formula is C11H10O6. The van der Waals surface area contributed by atoms with Gasteiger partial charge in [-0.05, 0) is 17.7 Å². The maximum atomic E-state index is 11.2. The molecule has 1 aromatic carbocycles. The van der Waals surface area contributed by atoms with E-state index in [9.17, 15) is 14.4 Å². The fourth-order valence-electron chi connectivity index (χ4n) is 1.05. The largest absolute Gasteiger partial charge is 0.524 e. The lowest BCUT2D eigenvalue weighted by Crippen LogP contribution is -2.17. The predicted octanol–water partition coefficient (Wildman–Crippen LogP) is 1.16. The van der Waals surface area contributed by atoms with Gasteiger partial charge in [-0.1, -0.05) is 12.1 Å². The van der Waals surface area contributed by atoms with Crippen LogP contribution in [0.5, 0.6) is 5.75 Å². The second kappa shape index (κ2) is 5.64. The van der Waals surface area contributed by atoms with Crippen LogP contribution >= 0.6 is 0 Å². The van der Waals surface area contributed by atoms with Crippen molar-refractivity contribution < 1.29 is 29.0 Å². The summed E-state index contributed by atoms with van der Waals surface area (Å²) in [7, 11) is 0. The summed E-state index contributed by atoms with van der Waals surface area (Å²) in [6.45, 7) is 1.02. The van der Waals surface area contributed by atoms with Crippen LogP contribution in [0.25, 0.3) is 0 Å². The molecule has 0 heterocycles. The van der Waals surface area contributed by atoms with Gasteiger partial charge in [-0.15, -0.1) is 0 Å². The molecule has 0 radical (unpaired) electrons. The molecule has 0 aromatic heterocycles. The standard InChI is InChI=1S/C11H10O6/c1-7(12)16-11(15)17-10(14)6-8-2-4-9(13)5-3-8/h2-5,13H,6H2,1H3. The minimum Gasteiger partial charge on any atom is -0.508 e. The molecule has 17 heavy (non-hydrogen) atoms. The number of ether oxygens (including phenoxy) is 2. The molecule has 0 bridgehead atoms. The van der Waals surface area contributed by atoms with E-state index in [2.05, 4.69) is 9.47 Å². The molecule has 1 aromatic rings. The topological polar surface area (TPSA) is 89.9 Å². The van der Waals surface area contributed by atoms with Crippen molar-refractivity contribution in [2.75, 3.05) is 0 Å². The third-order valence-electron chi connectivity index (χ3n) is 1.71. The summed E-state index contributed by atoms with van der Waals surface area (Å²) >= 11 is 0. The van der Waals surface area contributed by atoms with Gasteiger partial charge in [0.2, 0.25) is 0 Å². The zero-order valence-electron chi connectivity index (χ0n) is 9.00. The first-order chi connectivity index (χ1) is 7.97. The van der Waals surface area contributed by atoms with E-state index in [1.54, 1.807) is 0 Å². The Bertz CT molecular complexity index is 434. The second-order valence-electron chi connectivity index (χ2n) is 3.16. The summed E-state index contributed by atoms with van der Waals surface area (Å²) in [5.41, 5.74) is 0.559. The quantitative estimate of drug-likeness (QED) is 0.614. The van der Waals surface area contributed by atoms with Crippen molar-refractivity contribution in [1.82, 2.24) is 0 Å². The molecule has 6 nitrogen and oxygen atoms in total. The van der Waals surface area contributed by atoms with Crippen molar-refractivity contribution in [1.29, 1.82) is 0 Å². The van der Waals surface area contributed by atoms with Gasteiger partial charge in [0.15, 0.2) is 0 Å². The molecule has 90 valence electrons. The Balaban J connectivity index is 2.47. The Hall–Kier alpha value is -2.37. The van der Waals surface area contributed by atoms with E-state index in [1.165, 1.54) is 24.3 Å². The summed E-state index contributed by atoms with van der Waals surface area (Å²) in [5, 5.41) is 9.01. The molecule has 0 atom stereocenters. The number of esters is 2. The molecule has 0 spiro atoms. The maximum Gasteiger partial charge on any atom is 0.524 e. The molecule has 0 aliphatic carbocycles. The molecule has 0 aliphatic heterocycles. The average molecular weight is 238 g/mol. The maximum absolute atomic E-state index is 11.2. The fraction of sp³-hybridized carbons (Fsp3) is 0.182. The number of hydrogen-bond donors (Lipinski definition) is 1. The smallest absolute Gasteiger partial charge is 0.508 e. The van der Waals surface area contributed by atoms with Crippen LogP contribution in [-0.4, -0.2) is 23.2 Å². The third-order valence-corrected chi connectivity index (χ3v) is 1.71. The van der Waals surface area contributed by atoms with Gasteiger partial charge >= 0.3 is 18.1 Å². The second-order valence-corrected chi connectivity index (χ2v) is 3.16. The SMILES string of the molecule is CC(=O)OC(=O)OC(=O)Cc1ccc(O)cc1. The number of phenolic OH excluding ortho intramolecular Hbond substituents is 1. The normalized spacial score (nSPS) is 9.47. The summed E-state index contributed by atoms with van der Waals surface area (Å²) in [6.07, 6.45) is -1.51. The molecule has 0 fully saturated rings. The lowest BCUT2D eigenvalue weighted by atomic mass is 10.1. The van der Waals surface area contributed by atoms with Gasteiger partial charge in [-0.3, -0.25) is 9.59 Å². The Morgan fingerprint density at radius 3 is 2.24 bits per heavy atom. The van der Waals surface area contributed by atoms with Gasteiger partial charge in [0.1, 0.15) is 5.75 Å². The van der Waals surface area contributed by atoms with E-state index in [0.717, 1.165) is 6.92 Å². The minimum atomic E-state index is -1.35. The van der Waals surface area contributed by atoms with E-state index in [0.29, 0.717) is 5.56 Å². The molecule has 0 saturated heterocycles. The summed E-state index contributed by atoms with van der Waals surface area (Å²) < 4.78 is 8.23. The van der Waals surface area contributed by atoms with Crippen molar-refractivity contribution in [3.05, 3.63) is 29.8 Å². The van der Waals surface area contributed by atoms with Crippen molar-refractivity contribution in [2.24, 2.45) is 0 Å². The number of benzene rings is 1. The number of carbonyl (C=O) groups is 3. The van der Waals surface area contributed by atoms with E-state index >= 15 is 0 Å². The zero-order valence-corrected chi connectivity index (χ0v) is 9.00. The molecule has 0 amide bonds. The van der Waals surface area contributed by atoms with Crippen LogP contribution < -0.4 is 0 Å². The Morgan fingerprint density at radius 2 is 1.71 bits per heavy atom. The van der Waals surface area contributed by atoms with Gasteiger partial charge in [-0.25, -0.2) is 4.79 Å². The summed E-state index contributed by atoms with van der Waals surface area (Å²) in [4.78, 5) is 32.3. The number of phenols is 1. The highest BCUT2D eigenvalue weighted by atomic mass is 16.8. The van der Waals surface area contributed by atoms with E-state index < -0.39 is 18.1 Å². The number of rotatable bonds is 2. The Kier molecular flexibility index (Phi) is 4.21. The van der Waals surface area contributed by atoms with Crippen molar-refractivity contribution in [3.8, 4) is 5.75 Å². The molecule has 0 unspecified atom stereocenters. The summed E-state index contributed by atoms with van der Waals surface area (Å²) in [6, 6.07) is 5.81.